The second kappa shape index (κ2) is 4.77. The van der Waals surface area contributed by atoms with Crippen LogP contribution in [0.4, 0.5) is 0 Å². The van der Waals surface area contributed by atoms with Crippen LogP contribution in [0.2, 0.25) is 0 Å². The van der Waals surface area contributed by atoms with Gasteiger partial charge in [0.05, 0.1) is 22.0 Å². The van der Waals surface area contributed by atoms with Crippen LogP contribution in [-0.2, 0) is 16.3 Å². The van der Waals surface area contributed by atoms with Gasteiger partial charge in [-0.25, -0.2) is 8.42 Å². The van der Waals surface area contributed by atoms with Crippen LogP contribution in [0.5, 0.6) is 0 Å². The minimum Gasteiger partial charge on any atom is -0.224 e. The largest absolute Gasteiger partial charge is 0.224 e. The van der Waals surface area contributed by atoms with E-state index in [2.05, 4.69) is 15.4 Å². The van der Waals surface area contributed by atoms with Gasteiger partial charge in [-0.3, -0.25) is 0 Å². The predicted molar refractivity (Wildman–Crippen MR) is 70.6 cm³/mol. The van der Waals surface area contributed by atoms with Crippen molar-refractivity contribution in [2.24, 2.45) is 0 Å². The van der Waals surface area contributed by atoms with E-state index in [1.54, 1.807) is 24.3 Å². The van der Waals surface area contributed by atoms with Gasteiger partial charge < -0.3 is 0 Å². The van der Waals surface area contributed by atoms with E-state index in [1.165, 1.54) is 0 Å². The van der Waals surface area contributed by atoms with Gasteiger partial charge in [0.2, 0.25) is 0 Å². The fraction of sp³-hybridized carbons (Fsp3) is 0.385. The Morgan fingerprint density at radius 1 is 1.16 bits per heavy atom. The Balaban J connectivity index is 1.73. The van der Waals surface area contributed by atoms with Crippen molar-refractivity contribution in [3.05, 3.63) is 41.7 Å². The van der Waals surface area contributed by atoms with Crippen molar-refractivity contribution < 1.29 is 8.42 Å². The second-order valence-electron chi connectivity index (χ2n) is 4.81. The molecule has 3 rings (SSSR count). The Labute approximate surface area is 112 Å². The van der Waals surface area contributed by atoms with Crippen LogP contribution in [0.15, 0.2) is 35.2 Å². The summed E-state index contributed by atoms with van der Waals surface area (Å²) in [5.74, 6) is 0.552. The maximum Gasteiger partial charge on any atom is 0.178 e. The SMILES string of the molecule is O=S(=O)(CCc1n[nH]nc1C1CC1)c1ccccc1. The summed E-state index contributed by atoms with van der Waals surface area (Å²) >= 11 is 0. The van der Waals surface area contributed by atoms with Gasteiger partial charge in [-0.05, 0) is 25.0 Å². The van der Waals surface area contributed by atoms with Crippen molar-refractivity contribution in [1.29, 1.82) is 0 Å². The number of nitrogens with one attached hydrogen (secondary N) is 1. The first kappa shape index (κ1) is 12.3. The summed E-state index contributed by atoms with van der Waals surface area (Å²) in [6.45, 7) is 0. The van der Waals surface area contributed by atoms with Crippen LogP contribution in [0.3, 0.4) is 0 Å². The Bertz CT molecular complexity index is 660. The van der Waals surface area contributed by atoms with Crippen molar-refractivity contribution in [3.63, 3.8) is 0 Å². The number of rotatable bonds is 5. The van der Waals surface area contributed by atoms with Crippen molar-refractivity contribution in [2.45, 2.75) is 30.1 Å². The minimum absolute atomic E-state index is 0.0727. The van der Waals surface area contributed by atoms with Crippen molar-refractivity contribution in [2.75, 3.05) is 5.75 Å². The molecule has 0 spiro atoms. The molecule has 100 valence electrons. The van der Waals surface area contributed by atoms with E-state index in [9.17, 15) is 8.42 Å². The van der Waals surface area contributed by atoms with Crippen molar-refractivity contribution in [1.82, 2.24) is 15.4 Å². The summed E-state index contributed by atoms with van der Waals surface area (Å²) in [7, 11) is -3.24. The van der Waals surface area contributed by atoms with Crippen molar-refractivity contribution in [3.8, 4) is 0 Å². The number of aromatic amines is 1. The van der Waals surface area contributed by atoms with E-state index in [0.717, 1.165) is 24.2 Å². The Morgan fingerprint density at radius 3 is 2.58 bits per heavy atom. The Kier molecular flexibility index (Phi) is 3.10. The lowest BCUT2D eigenvalue weighted by Crippen LogP contribution is -2.10. The molecule has 1 fully saturated rings. The van der Waals surface area contributed by atoms with E-state index in [0.29, 0.717) is 17.2 Å². The van der Waals surface area contributed by atoms with E-state index in [-0.39, 0.29) is 5.75 Å². The summed E-state index contributed by atoms with van der Waals surface area (Å²) in [5, 5.41) is 10.8. The lowest BCUT2D eigenvalue weighted by molar-refractivity contribution is 0.595. The molecule has 5 nitrogen and oxygen atoms in total. The smallest absolute Gasteiger partial charge is 0.178 e. The van der Waals surface area contributed by atoms with Gasteiger partial charge in [-0.2, -0.15) is 15.4 Å². The van der Waals surface area contributed by atoms with Crippen LogP contribution in [0, 0.1) is 0 Å². The van der Waals surface area contributed by atoms with Gasteiger partial charge in [-0.1, -0.05) is 18.2 Å². The molecule has 2 aromatic rings. The molecule has 1 N–H and O–H groups in total. The molecule has 0 bridgehead atoms. The van der Waals surface area contributed by atoms with Gasteiger partial charge in [0.15, 0.2) is 9.84 Å². The molecule has 6 heteroatoms. The topological polar surface area (TPSA) is 75.7 Å². The van der Waals surface area contributed by atoms with Crippen LogP contribution in [-0.4, -0.2) is 29.6 Å². The fourth-order valence-corrected chi connectivity index (χ4v) is 3.37. The molecule has 0 atom stereocenters. The van der Waals surface area contributed by atoms with Gasteiger partial charge >= 0.3 is 0 Å². The maximum atomic E-state index is 12.2. The second-order valence-corrected chi connectivity index (χ2v) is 6.92. The molecule has 1 aliphatic rings. The fourth-order valence-electron chi connectivity index (χ4n) is 2.11. The summed E-state index contributed by atoms with van der Waals surface area (Å²) in [4.78, 5) is 0.367. The van der Waals surface area contributed by atoms with Gasteiger partial charge in [-0.15, -0.1) is 0 Å². The molecule has 1 aromatic heterocycles. The number of sulfone groups is 1. The average Bonchev–Trinajstić information content (AvgIpc) is 3.16. The molecule has 0 saturated heterocycles. The summed E-state index contributed by atoms with van der Waals surface area (Å²) in [6, 6.07) is 8.53. The molecule has 0 amide bonds. The highest BCUT2D eigenvalue weighted by molar-refractivity contribution is 7.91. The minimum atomic E-state index is -3.24. The number of aryl methyl sites for hydroxylation is 1. The first-order chi connectivity index (χ1) is 9.17. The van der Waals surface area contributed by atoms with E-state index in [4.69, 9.17) is 0 Å². The molecule has 1 aliphatic carbocycles. The maximum absolute atomic E-state index is 12.2. The molecule has 1 saturated carbocycles. The average molecular weight is 277 g/mol. The Morgan fingerprint density at radius 2 is 1.89 bits per heavy atom. The van der Waals surface area contributed by atoms with Crippen LogP contribution >= 0.6 is 0 Å². The monoisotopic (exact) mass is 277 g/mol. The highest BCUT2D eigenvalue weighted by atomic mass is 32.2. The third kappa shape index (κ3) is 2.68. The highest BCUT2D eigenvalue weighted by Crippen LogP contribution is 2.40. The highest BCUT2D eigenvalue weighted by Gasteiger charge is 2.29. The standard InChI is InChI=1S/C13H15N3O2S/c17-19(18,11-4-2-1-3-5-11)9-8-12-13(10-6-7-10)15-16-14-12/h1-5,10H,6-9H2,(H,14,15,16). The van der Waals surface area contributed by atoms with E-state index >= 15 is 0 Å². The van der Waals surface area contributed by atoms with Gasteiger partial charge in [0, 0.05) is 12.3 Å². The lowest BCUT2D eigenvalue weighted by atomic mass is 10.2. The number of hydrogen-bond acceptors (Lipinski definition) is 4. The number of aromatic nitrogens is 3. The summed E-state index contributed by atoms with van der Waals surface area (Å²) < 4.78 is 24.3. The van der Waals surface area contributed by atoms with Gasteiger partial charge in [0.25, 0.3) is 0 Å². The zero-order chi connectivity index (χ0) is 13.3. The van der Waals surface area contributed by atoms with E-state index in [1.807, 2.05) is 6.07 Å². The molecule has 1 heterocycles. The normalized spacial score (nSPS) is 15.6. The van der Waals surface area contributed by atoms with E-state index < -0.39 is 9.84 Å². The number of hydrogen-bond donors (Lipinski definition) is 1. The Hall–Kier alpha value is -1.69. The summed E-state index contributed by atoms with van der Waals surface area (Å²) in [6.07, 6.45) is 2.68. The van der Waals surface area contributed by atoms with Gasteiger partial charge in [0.1, 0.15) is 0 Å². The van der Waals surface area contributed by atoms with Crippen molar-refractivity contribution >= 4 is 9.84 Å². The first-order valence-corrected chi connectivity index (χ1v) is 7.99. The number of H-pyrrole nitrogens is 1. The van der Waals surface area contributed by atoms with Crippen LogP contribution in [0.25, 0.3) is 0 Å². The molecular weight excluding hydrogens is 262 g/mol. The third-order valence-corrected chi connectivity index (χ3v) is 5.06. The molecule has 0 unspecified atom stereocenters. The predicted octanol–water partition coefficient (Wildman–Crippen LogP) is 1.70. The molecule has 0 radical (unpaired) electrons. The zero-order valence-corrected chi connectivity index (χ0v) is 11.2. The molecule has 19 heavy (non-hydrogen) atoms. The summed E-state index contributed by atoms with van der Waals surface area (Å²) in [5.41, 5.74) is 1.74. The zero-order valence-electron chi connectivity index (χ0n) is 10.4. The van der Waals surface area contributed by atoms with Crippen LogP contribution < -0.4 is 0 Å². The quantitative estimate of drug-likeness (QED) is 0.902. The number of nitrogens with zero attached hydrogens (tertiary/aromatic N) is 2. The lowest BCUT2D eigenvalue weighted by Gasteiger charge is -2.03. The number of benzene rings is 1. The van der Waals surface area contributed by atoms with Crippen LogP contribution in [0.1, 0.15) is 30.1 Å². The first-order valence-electron chi connectivity index (χ1n) is 6.34. The third-order valence-electron chi connectivity index (χ3n) is 3.33. The molecular formula is C13H15N3O2S. The molecule has 0 aliphatic heterocycles. The molecule has 1 aromatic carbocycles.